The van der Waals surface area contributed by atoms with Gasteiger partial charge in [0, 0.05) is 19.8 Å². The highest BCUT2D eigenvalue weighted by atomic mass is 79.9. The minimum Gasteiger partial charge on any atom is -0.496 e. The summed E-state index contributed by atoms with van der Waals surface area (Å²) in [6, 6.07) is 13.6. The lowest BCUT2D eigenvalue weighted by atomic mass is 10.2. The van der Waals surface area contributed by atoms with Gasteiger partial charge in [-0.15, -0.1) is 5.10 Å². The number of thioether (sulfide) groups is 1. The Hall–Kier alpha value is -2.58. The fourth-order valence-corrected chi connectivity index (χ4v) is 3.74. The van der Waals surface area contributed by atoms with Crippen molar-refractivity contribution in [2.24, 2.45) is 10.2 Å². The van der Waals surface area contributed by atoms with Crippen molar-refractivity contribution in [3.8, 4) is 5.75 Å². The minimum atomic E-state index is -0.193. The van der Waals surface area contributed by atoms with E-state index in [1.54, 1.807) is 19.4 Å². The molecule has 1 N–H and O–H groups in total. The van der Waals surface area contributed by atoms with Crippen LogP contribution in [0.15, 0.2) is 62.0 Å². The smallest absolute Gasteiger partial charge is 0.264 e. The van der Waals surface area contributed by atoms with Gasteiger partial charge in [-0.2, -0.15) is 5.10 Å². The van der Waals surface area contributed by atoms with Crippen LogP contribution in [0, 0.1) is 0 Å². The molecule has 3 rings (SSSR count). The standard InChI is InChI=1S/C20H19BrN4O2S/c1-25(2)15-7-4-13(5-8-15)12-22-24-20-23-19(26)18(28-20)11-14-6-9-17(27-3)16(21)10-14/h4-12H,1-3H3,(H,23,24,26)/b18-11+,22-12-. The summed E-state index contributed by atoms with van der Waals surface area (Å²) in [4.78, 5) is 14.7. The van der Waals surface area contributed by atoms with Crippen LogP contribution in [0.1, 0.15) is 11.1 Å². The number of halogens is 1. The first-order valence-electron chi connectivity index (χ1n) is 8.39. The molecule has 1 aliphatic rings. The number of nitrogens with zero attached hydrogens (tertiary/aromatic N) is 3. The number of anilines is 1. The highest BCUT2D eigenvalue weighted by Gasteiger charge is 2.23. The monoisotopic (exact) mass is 458 g/mol. The zero-order chi connectivity index (χ0) is 20.1. The molecule has 0 spiro atoms. The Morgan fingerprint density at radius 1 is 1.14 bits per heavy atom. The summed E-state index contributed by atoms with van der Waals surface area (Å²) in [5, 5.41) is 11.3. The second-order valence-electron chi connectivity index (χ2n) is 6.09. The van der Waals surface area contributed by atoms with Crippen LogP contribution in [-0.4, -0.2) is 38.5 Å². The van der Waals surface area contributed by atoms with Crippen LogP contribution in [0.2, 0.25) is 0 Å². The van der Waals surface area contributed by atoms with E-state index < -0.39 is 0 Å². The Balaban J connectivity index is 1.68. The van der Waals surface area contributed by atoms with Gasteiger partial charge in [0.25, 0.3) is 5.91 Å². The maximum atomic E-state index is 12.2. The number of amidine groups is 1. The van der Waals surface area contributed by atoms with Gasteiger partial charge in [0.2, 0.25) is 0 Å². The first kappa shape index (κ1) is 20.2. The molecule has 2 aromatic carbocycles. The molecule has 1 heterocycles. The average molecular weight is 459 g/mol. The third kappa shape index (κ3) is 5.02. The molecule has 1 fully saturated rings. The molecule has 1 amide bonds. The van der Waals surface area contributed by atoms with Gasteiger partial charge >= 0.3 is 0 Å². The second kappa shape index (κ2) is 9.07. The van der Waals surface area contributed by atoms with Crippen molar-refractivity contribution in [1.82, 2.24) is 5.32 Å². The Labute approximate surface area is 176 Å². The first-order chi connectivity index (χ1) is 13.5. The Kier molecular flexibility index (Phi) is 6.53. The van der Waals surface area contributed by atoms with Crippen LogP contribution in [0.25, 0.3) is 6.08 Å². The van der Waals surface area contributed by atoms with E-state index >= 15 is 0 Å². The molecular formula is C20H19BrN4O2S. The predicted octanol–water partition coefficient (Wildman–Crippen LogP) is 4.12. The van der Waals surface area contributed by atoms with Gasteiger partial charge in [-0.05, 0) is 69.2 Å². The van der Waals surface area contributed by atoms with E-state index in [0.717, 1.165) is 27.0 Å². The maximum absolute atomic E-state index is 12.2. The SMILES string of the molecule is COc1ccc(/C=C2/S/C(=N\N=C/c3ccc(N(C)C)cc3)NC2=O)cc1Br. The molecule has 1 saturated heterocycles. The largest absolute Gasteiger partial charge is 0.496 e. The number of benzene rings is 2. The quantitative estimate of drug-likeness (QED) is 0.415. The number of hydrogen-bond acceptors (Lipinski definition) is 6. The molecule has 0 aromatic heterocycles. The number of nitrogens with one attached hydrogen (secondary N) is 1. The molecule has 0 atom stereocenters. The van der Waals surface area contributed by atoms with Crippen molar-refractivity contribution >= 4 is 56.7 Å². The maximum Gasteiger partial charge on any atom is 0.264 e. The number of methoxy groups -OCH3 is 1. The topological polar surface area (TPSA) is 66.3 Å². The number of carbonyl (C=O) groups excluding carboxylic acids is 1. The molecule has 2 aromatic rings. The zero-order valence-corrected chi connectivity index (χ0v) is 18.0. The molecule has 144 valence electrons. The zero-order valence-electron chi connectivity index (χ0n) is 15.6. The van der Waals surface area contributed by atoms with Crippen molar-refractivity contribution < 1.29 is 9.53 Å². The van der Waals surface area contributed by atoms with Crippen molar-refractivity contribution in [2.45, 2.75) is 0 Å². The number of hydrogen-bond donors (Lipinski definition) is 1. The van der Waals surface area contributed by atoms with Gasteiger partial charge in [-0.3, -0.25) is 10.1 Å². The number of amides is 1. The van der Waals surface area contributed by atoms with E-state index in [0.29, 0.717) is 10.1 Å². The molecule has 0 saturated carbocycles. The summed E-state index contributed by atoms with van der Waals surface area (Å²) in [5.41, 5.74) is 2.93. The van der Waals surface area contributed by atoms with Crippen LogP contribution < -0.4 is 15.0 Å². The number of carbonyl (C=O) groups is 1. The number of rotatable bonds is 5. The van der Waals surface area contributed by atoms with Gasteiger partial charge in [0.05, 0.1) is 22.7 Å². The lowest BCUT2D eigenvalue weighted by molar-refractivity contribution is -0.115. The van der Waals surface area contributed by atoms with E-state index in [2.05, 4.69) is 31.4 Å². The molecule has 0 unspecified atom stereocenters. The normalized spacial score (nSPS) is 16.8. The summed E-state index contributed by atoms with van der Waals surface area (Å²) in [7, 11) is 5.59. The van der Waals surface area contributed by atoms with E-state index in [1.165, 1.54) is 11.8 Å². The lowest BCUT2D eigenvalue weighted by Crippen LogP contribution is -2.19. The predicted molar refractivity (Wildman–Crippen MR) is 120 cm³/mol. The lowest BCUT2D eigenvalue weighted by Gasteiger charge is -2.11. The van der Waals surface area contributed by atoms with Gasteiger partial charge in [-0.1, -0.05) is 18.2 Å². The first-order valence-corrected chi connectivity index (χ1v) is 10.00. The summed E-state index contributed by atoms with van der Waals surface area (Å²) >= 11 is 4.70. The van der Waals surface area contributed by atoms with Crippen molar-refractivity contribution in [1.29, 1.82) is 0 Å². The molecule has 8 heteroatoms. The van der Waals surface area contributed by atoms with Crippen LogP contribution >= 0.6 is 27.7 Å². The minimum absolute atomic E-state index is 0.193. The van der Waals surface area contributed by atoms with Crippen LogP contribution in [0.3, 0.4) is 0 Å². The van der Waals surface area contributed by atoms with Gasteiger partial charge < -0.3 is 9.64 Å². The van der Waals surface area contributed by atoms with Gasteiger partial charge in [0.1, 0.15) is 5.75 Å². The van der Waals surface area contributed by atoms with Crippen molar-refractivity contribution in [2.75, 3.05) is 26.1 Å². The highest BCUT2D eigenvalue weighted by Crippen LogP contribution is 2.30. The highest BCUT2D eigenvalue weighted by molar-refractivity contribution is 9.10. The summed E-state index contributed by atoms with van der Waals surface area (Å²) in [6.07, 6.45) is 3.46. The third-order valence-electron chi connectivity index (χ3n) is 3.89. The molecular weight excluding hydrogens is 440 g/mol. The third-order valence-corrected chi connectivity index (χ3v) is 5.41. The van der Waals surface area contributed by atoms with Crippen molar-refractivity contribution in [3.63, 3.8) is 0 Å². The van der Waals surface area contributed by atoms with Crippen LogP contribution in [0.5, 0.6) is 5.75 Å². The Bertz CT molecular complexity index is 969. The van der Waals surface area contributed by atoms with Gasteiger partial charge in [-0.25, -0.2) is 0 Å². The summed E-state index contributed by atoms with van der Waals surface area (Å²) in [6.45, 7) is 0. The fraction of sp³-hybridized carbons (Fsp3) is 0.150. The Morgan fingerprint density at radius 3 is 2.50 bits per heavy atom. The number of ether oxygens (including phenoxy) is 1. The molecule has 0 radical (unpaired) electrons. The summed E-state index contributed by atoms with van der Waals surface area (Å²) < 4.78 is 6.04. The molecule has 6 nitrogen and oxygen atoms in total. The summed E-state index contributed by atoms with van der Waals surface area (Å²) in [5.74, 6) is 0.544. The van der Waals surface area contributed by atoms with E-state index in [1.807, 2.05) is 61.5 Å². The van der Waals surface area contributed by atoms with Gasteiger partial charge in [0.15, 0.2) is 5.17 Å². The van der Waals surface area contributed by atoms with Crippen LogP contribution in [0.4, 0.5) is 5.69 Å². The Morgan fingerprint density at radius 2 is 1.86 bits per heavy atom. The molecule has 1 aliphatic heterocycles. The van der Waals surface area contributed by atoms with E-state index in [-0.39, 0.29) is 5.91 Å². The van der Waals surface area contributed by atoms with E-state index in [9.17, 15) is 4.79 Å². The van der Waals surface area contributed by atoms with Crippen LogP contribution in [-0.2, 0) is 4.79 Å². The van der Waals surface area contributed by atoms with Crippen molar-refractivity contribution in [3.05, 3.63) is 63.0 Å². The second-order valence-corrected chi connectivity index (χ2v) is 7.98. The molecule has 28 heavy (non-hydrogen) atoms. The average Bonchev–Trinajstić information content (AvgIpc) is 3.01. The fourth-order valence-electron chi connectivity index (χ4n) is 2.41. The molecule has 0 aliphatic carbocycles. The molecule has 0 bridgehead atoms. The van der Waals surface area contributed by atoms with E-state index in [4.69, 9.17) is 4.74 Å².